The van der Waals surface area contributed by atoms with Crippen LogP contribution >= 0.6 is 11.6 Å². The van der Waals surface area contributed by atoms with Crippen LogP contribution < -0.4 is 10.6 Å². The van der Waals surface area contributed by atoms with Crippen LogP contribution in [0.1, 0.15) is 54.1 Å². The van der Waals surface area contributed by atoms with E-state index in [0.29, 0.717) is 22.2 Å². The Bertz CT molecular complexity index is 859. The molecule has 0 spiro atoms. The second-order valence-electron chi connectivity index (χ2n) is 7.18. The van der Waals surface area contributed by atoms with Crippen molar-refractivity contribution in [2.24, 2.45) is 5.92 Å². The first-order chi connectivity index (χ1) is 13.6. The molecule has 0 aliphatic heterocycles. The molecule has 1 aliphatic carbocycles. The van der Waals surface area contributed by atoms with E-state index in [4.69, 9.17) is 11.6 Å². The quantitative estimate of drug-likeness (QED) is 0.632. The summed E-state index contributed by atoms with van der Waals surface area (Å²) >= 11 is 6.20. The number of amides is 2. The fourth-order valence-electron chi connectivity index (χ4n) is 3.80. The second-order valence-corrected chi connectivity index (χ2v) is 7.61. The third-order valence-electron chi connectivity index (χ3n) is 5.19. The number of carbonyl (C=O) groups excluding carboxylic acids is 2. The smallest absolute Gasteiger partial charge is 0.251 e. The first-order valence-electron chi connectivity index (χ1n) is 9.66. The van der Waals surface area contributed by atoms with E-state index in [1.54, 1.807) is 24.3 Å². The number of anilines is 1. The van der Waals surface area contributed by atoms with Crippen molar-refractivity contribution >= 4 is 29.1 Å². The van der Waals surface area contributed by atoms with Crippen LogP contribution in [0.3, 0.4) is 0 Å². The normalized spacial score (nSPS) is 15.5. The number of carbonyl (C=O) groups is 2. The van der Waals surface area contributed by atoms with Crippen molar-refractivity contribution in [1.82, 2.24) is 5.32 Å². The fraction of sp³-hybridized carbons (Fsp3) is 0.304. The molecule has 2 amide bonds. The molecule has 0 bridgehead atoms. The minimum Gasteiger partial charge on any atom is -0.345 e. The van der Waals surface area contributed by atoms with E-state index in [1.807, 2.05) is 24.3 Å². The highest BCUT2D eigenvalue weighted by atomic mass is 35.5. The molecule has 1 fully saturated rings. The Hall–Kier alpha value is -2.59. The van der Waals surface area contributed by atoms with Crippen LogP contribution in [0.4, 0.5) is 5.69 Å². The van der Waals surface area contributed by atoms with Gasteiger partial charge in [-0.25, -0.2) is 0 Å². The van der Waals surface area contributed by atoms with E-state index in [1.165, 1.54) is 25.3 Å². The minimum absolute atomic E-state index is 0.0853. The third kappa shape index (κ3) is 5.23. The average molecular weight is 397 g/mol. The van der Waals surface area contributed by atoms with Gasteiger partial charge in [0.2, 0.25) is 5.91 Å². The molecule has 2 aromatic rings. The van der Waals surface area contributed by atoms with E-state index in [0.717, 1.165) is 18.4 Å². The molecule has 1 unspecified atom stereocenters. The van der Waals surface area contributed by atoms with Crippen molar-refractivity contribution in [1.29, 1.82) is 0 Å². The van der Waals surface area contributed by atoms with E-state index < -0.39 is 0 Å². The highest BCUT2D eigenvalue weighted by Gasteiger charge is 2.27. The maximum absolute atomic E-state index is 13.0. The Kier molecular flexibility index (Phi) is 6.88. The zero-order valence-electron chi connectivity index (χ0n) is 15.8. The van der Waals surface area contributed by atoms with Gasteiger partial charge in [-0.2, -0.15) is 0 Å². The summed E-state index contributed by atoms with van der Waals surface area (Å²) in [7, 11) is 0. The van der Waals surface area contributed by atoms with Crippen molar-refractivity contribution in [2.45, 2.75) is 38.1 Å². The summed E-state index contributed by atoms with van der Waals surface area (Å²) in [5.74, 6) is -0.0818. The van der Waals surface area contributed by atoms with Gasteiger partial charge in [-0.05, 0) is 60.7 Å². The standard InChI is InChI=1S/C23H25ClN2O2/c1-2-21(27)25-20-13-7-11-18(15-20)23(28)26-22(16-8-4-3-5-9-16)17-10-6-12-19(24)14-17/h2,6-7,10-16,22H,1,3-5,8-9H2,(H,25,27)(H,26,28). The maximum Gasteiger partial charge on any atom is 0.251 e. The first kappa shape index (κ1) is 20.2. The molecule has 1 saturated carbocycles. The lowest BCUT2D eigenvalue weighted by Crippen LogP contribution is -2.34. The predicted octanol–water partition coefficient (Wildman–Crippen LogP) is 5.52. The summed E-state index contributed by atoms with van der Waals surface area (Å²) in [6.45, 7) is 3.44. The summed E-state index contributed by atoms with van der Waals surface area (Å²) in [5, 5.41) is 6.57. The number of benzene rings is 2. The topological polar surface area (TPSA) is 58.2 Å². The van der Waals surface area contributed by atoms with Crippen LogP contribution in [-0.2, 0) is 4.79 Å². The van der Waals surface area contributed by atoms with Crippen LogP contribution in [0.5, 0.6) is 0 Å². The monoisotopic (exact) mass is 396 g/mol. The van der Waals surface area contributed by atoms with Crippen LogP contribution in [-0.4, -0.2) is 11.8 Å². The average Bonchev–Trinajstić information content (AvgIpc) is 2.72. The molecule has 3 rings (SSSR count). The lowest BCUT2D eigenvalue weighted by molar-refractivity contribution is -0.111. The van der Waals surface area contributed by atoms with Crippen molar-refractivity contribution in [3.63, 3.8) is 0 Å². The number of hydrogen-bond acceptors (Lipinski definition) is 2. The lowest BCUT2D eigenvalue weighted by Gasteiger charge is -2.31. The SMILES string of the molecule is C=CC(=O)Nc1cccc(C(=O)NC(c2cccc(Cl)c2)C2CCCCC2)c1. The van der Waals surface area contributed by atoms with Gasteiger partial charge < -0.3 is 10.6 Å². The van der Waals surface area contributed by atoms with Gasteiger partial charge in [-0.3, -0.25) is 9.59 Å². The van der Waals surface area contributed by atoms with Crippen LogP contribution in [0, 0.1) is 5.92 Å². The lowest BCUT2D eigenvalue weighted by atomic mass is 9.81. The van der Waals surface area contributed by atoms with Gasteiger partial charge in [0.05, 0.1) is 6.04 Å². The minimum atomic E-state index is -0.309. The largest absolute Gasteiger partial charge is 0.345 e. The predicted molar refractivity (Wildman–Crippen MR) is 114 cm³/mol. The van der Waals surface area contributed by atoms with Gasteiger partial charge in [-0.15, -0.1) is 0 Å². The van der Waals surface area contributed by atoms with Crippen LogP contribution in [0.15, 0.2) is 61.2 Å². The van der Waals surface area contributed by atoms with E-state index in [9.17, 15) is 9.59 Å². The van der Waals surface area contributed by atoms with Crippen molar-refractivity contribution in [2.75, 3.05) is 5.32 Å². The van der Waals surface area contributed by atoms with Crippen molar-refractivity contribution < 1.29 is 9.59 Å². The van der Waals surface area contributed by atoms with E-state index in [-0.39, 0.29) is 17.9 Å². The van der Waals surface area contributed by atoms with Crippen LogP contribution in [0.25, 0.3) is 0 Å². The number of hydrogen-bond donors (Lipinski definition) is 2. The molecule has 0 aromatic heterocycles. The third-order valence-corrected chi connectivity index (χ3v) is 5.43. The van der Waals surface area contributed by atoms with Gasteiger partial charge in [0.1, 0.15) is 0 Å². The molecular weight excluding hydrogens is 372 g/mol. The Morgan fingerprint density at radius 1 is 1.07 bits per heavy atom. The molecule has 0 radical (unpaired) electrons. The molecule has 0 saturated heterocycles. The van der Waals surface area contributed by atoms with E-state index >= 15 is 0 Å². The molecule has 146 valence electrons. The van der Waals surface area contributed by atoms with Gasteiger partial charge in [-0.1, -0.05) is 55.6 Å². The molecule has 2 N–H and O–H groups in total. The molecule has 5 heteroatoms. The number of rotatable bonds is 6. The molecule has 4 nitrogen and oxygen atoms in total. The van der Waals surface area contributed by atoms with Crippen molar-refractivity contribution in [3.05, 3.63) is 77.3 Å². The summed E-state index contributed by atoms with van der Waals surface area (Å²) in [6, 6.07) is 14.5. The molecule has 0 heterocycles. The van der Waals surface area contributed by atoms with Gasteiger partial charge in [0.15, 0.2) is 0 Å². The Morgan fingerprint density at radius 2 is 1.82 bits per heavy atom. The molecule has 28 heavy (non-hydrogen) atoms. The molecule has 2 aromatic carbocycles. The van der Waals surface area contributed by atoms with Crippen LogP contribution in [0.2, 0.25) is 5.02 Å². The first-order valence-corrected chi connectivity index (χ1v) is 10.0. The summed E-state index contributed by atoms with van der Waals surface area (Å²) in [4.78, 5) is 24.5. The zero-order valence-corrected chi connectivity index (χ0v) is 16.5. The zero-order chi connectivity index (χ0) is 19.9. The second kappa shape index (κ2) is 9.56. The van der Waals surface area contributed by atoms with Gasteiger partial charge >= 0.3 is 0 Å². The summed E-state index contributed by atoms with van der Waals surface area (Å²) in [6.07, 6.45) is 6.99. The molecule has 1 aliphatic rings. The van der Waals surface area contributed by atoms with E-state index in [2.05, 4.69) is 17.2 Å². The number of nitrogens with one attached hydrogen (secondary N) is 2. The van der Waals surface area contributed by atoms with Crippen molar-refractivity contribution in [3.8, 4) is 0 Å². The number of halogens is 1. The fourth-order valence-corrected chi connectivity index (χ4v) is 4.00. The van der Waals surface area contributed by atoms with Gasteiger partial charge in [0, 0.05) is 16.3 Å². The molecule has 1 atom stereocenters. The highest BCUT2D eigenvalue weighted by Crippen LogP contribution is 2.35. The summed E-state index contributed by atoms with van der Waals surface area (Å²) in [5.41, 5.74) is 2.10. The Labute approximate surface area is 171 Å². The Morgan fingerprint density at radius 3 is 2.54 bits per heavy atom. The van der Waals surface area contributed by atoms with Gasteiger partial charge in [0.25, 0.3) is 5.91 Å². The highest BCUT2D eigenvalue weighted by molar-refractivity contribution is 6.30. The molecular formula is C23H25ClN2O2. The summed E-state index contributed by atoms with van der Waals surface area (Å²) < 4.78 is 0. The maximum atomic E-state index is 13.0. The Balaban J connectivity index is 1.82.